The summed E-state index contributed by atoms with van der Waals surface area (Å²) >= 11 is 0. The molecule has 2 saturated carbocycles. The molecule has 1 nitrogen and oxygen atoms in total. The van der Waals surface area contributed by atoms with Gasteiger partial charge in [-0.15, -0.1) is 0 Å². The molecule has 2 atom stereocenters. The van der Waals surface area contributed by atoms with Crippen LogP contribution in [0.5, 0.6) is 0 Å². The van der Waals surface area contributed by atoms with Crippen molar-refractivity contribution in [2.75, 3.05) is 6.54 Å². The Morgan fingerprint density at radius 2 is 2.12 bits per heavy atom. The van der Waals surface area contributed by atoms with Gasteiger partial charge in [0.1, 0.15) is 0 Å². The Bertz CT molecular complexity index is 96.6. The molecule has 2 N–H and O–H groups in total. The average molecular weight is 111 g/mol. The maximum absolute atomic E-state index is 5.49. The Balaban J connectivity index is 1.79. The third kappa shape index (κ3) is 0.655. The van der Waals surface area contributed by atoms with Gasteiger partial charge < -0.3 is 5.73 Å². The van der Waals surface area contributed by atoms with Crippen LogP contribution in [-0.2, 0) is 0 Å². The van der Waals surface area contributed by atoms with Crippen molar-refractivity contribution in [1.29, 1.82) is 0 Å². The Morgan fingerprint density at radius 1 is 1.38 bits per heavy atom. The molecular formula is C7H13N. The molecule has 0 aromatic heterocycles. The minimum absolute atomic E-state index is 0.933. The van der Waals surface area contributed by atoms with Gasteiger partial charge in [-0.2, -0.15) is 0 Å². The Hall–Kier alpha value is -0.0400. The molecule has 46 valence electrons. The molecule has 0 heterocycles. The standard InChI is InChI=1S/C7H13N/c8-4-6-3-7(6)5-1-2-5/h5-7H,1-4,8H2/t6-,7+/m0/s1. The van der Waals surface area contributed by atoms with Crippen LogP contribution in [-0.4, -0.2) is 6.54 Å². The largest absolute Gasteiger partial charge is 0.330 e. The predicted octanol–water partition coefficient (Wildman–Crippen LogP) is 0.991. The molecule has 0 saturated heterocycles. The first kappa shape index (κ1) is 4.80. The van der Waals surface area contributed by atoms with Crippen molar-refractivity contribution < 1.29 is 0 Å². The zero-order valence-corrected chi connectivity index (χ0v) is 5.14. The molecule has 0 bridgehead atoms. The second-order valence-electron chi connectivity index (χ2n) is 3.23. The summed E-state index contributed by atoms with van der Waals surface area (Å²) in [5.74, 6) is 3.12. The summed E-state index contributed by atoms with van der Waals surface area (Å²) in [7, 11) is 0. The molecule has 0 amide bonds. The number of hydrogen-bond acceptors (Lipinski definition) is 1. The summed E-state index contributed by atoms with van der Waals surface area (Å²) in [6.07, 6.45) is 4.45. The van der Waals surface area contributed by atoms with Crippen LogP contribution in [0.1, 0.15) is 19.3 Å². The lowest BCUT2D eigenvalue weighted by molar-refractivity contribution is 0.633. The van der Waals surface area contributed by atoms with E-state index in [9.17, 15) is 0 Å². The zero-order valence-electron chi connectivity index (χ0n) is 5.14. The van der Waals surface area contributed by atoms with Gasteiger partial charge in [0, 0.05) is 0 Å². The van der Waals surface area contributed by atoms with E-state index in [1.165, 1.54) is 19.3 Å². The monoisotopic (exact) mass is 111 g/mol. The highest BCUT2D eigenvalue weighted by atomic mass is 14.6. The second kappa shape index (κ2) is 1.47. The van der Waals surface area contributed by atoms with E-state index in [-0.39, 0.29) is 0 Å². The summed E-state index contributed by atoms with van der Waals surface area (Å²) in [5, 5.41) is 0. The van der Waals surface area contributed by atoms with Gasteiger partial charge in [-0.25, -0.2) is 0 Å². The zero-order chi connectivity index (χ0) is 5.56. The van der Waals surface area contributed by atoms with Crippen molar-refractivity contribution in [3.05, 3.63) is 0 Å². The summed E-state index contributed by atoms with van der Waals surface area (Å²) in [5.41, 5.74) is 5.49. The highest BCUT2D eigenvalue weighted by Gasteiger charge is 2.46. The Kier molecular flexibility index (Phi) is 0.884. The van der Waals surface area contributed by atoms with Crippen molar-refractivity contribution >= 4 is 0 Å². The minimum atomic E-state index is 0.933. The van der Waals surface area contributed by atoms with Crippen molar-refractivity contribution in [2.45, 2.75) is 19.3 Å². The maximum atomic E-state index is 5.49. The van der Waals surface area contributed by atoms with E-state index in [0.717, 1.165) is 24.3 Å². The van der Waals surface area contributed by atoms with E-state index in [0.29, 0.717) is 0 Å². The molecule has 2 aliphatic carbocycles. The third-order valence-corrected chi connectivity index (χ3v) is 2.51. The number of hydrogen-bond donors (Lipinski definition) is 1. The van der Waals surface area contributed by atoms with E-state index in [1.807, 2.05) is 0 Å². The predicted molar refractivity (Wildman–Crippen MR) is 33.4 cm³/mol. The van der Waals surface area contributed by atoms with Gasteiger partial charge in [0.05, 0.1) is 0 Å². The fourth-order valence-corrected chi connectivity index (χ4v) is 1.64. The number of nitrogens with two attached hydrogens (primary N) is 1. The van der Waals surface area contributed by atoms with E-state index < -0.39 is 0 Å². The van der Waals surface area contributed by atoms with E-state index in [4.69, 9.17) is 5.73 Å². The Labute approximate surface area is 50.3 Å². The molecule has 8 heavy (non-hydrogen) atoms. The van der Waals surface area contributed by atoms with Gasteiger partial charge in [0.15, 0.2) is 0 Å². The highest BCUT2D eigenvalue weighted by molar-refractivity contribution is 4.96. The van der Waals surface area contributed by atoms with Crippen molar-refractivity contribution in [3.8, 4) is 0 Å². The Morgan fingerprint density at radius 3 is 2.50 bits per heavy atom. The molecule has 0 unspecified atom stereocenters. The van der Waals surface area contributed by atoms with Crippen LogP contribution in [0.4, 0.5) is 0 Å². The van der Waals surface area contributed by atoms with E-state index >= 15 is 0 Å². The quantitative estimate of drug-likeness (QED) is 0.565. The normalized spacial score (nSPS) is 44.6. The molecular weight excluding hydrogens is 98.1 g/mol. The van der Waals surface area contributed by atoms with Crippen LogP contribution < -0.4 is 5.73 Å². The summed E-state index contributed by atoms with van der Waals surface area (Å²) in [6, 6.07) is 0. The maximum Gasteiger partial charge on any atom is -0.00460 e. The van der Waals surface area contributed by atoms with Gasteiger partial charge in [-0.1, -0.05) is 0 Å². The molecule has 1 heteroatoms. The first-order valence-corrected chi connectivity index (χ1v) is 3.62. The lowest BCUT2D eigenvalue weighted by Gasteiger charge is -1.88. The smallest absolute Gasteiger partial charge is 0.00460 e. The van der Waals surface area contributed by atoms with Gasteiger partial charge in [-0.05, 0) is 43.6 Å². The summed E-state index contributed by atoms with van der Waals surface area (Å²) < 4.78 is 0. The highest BCUT2D eigenvalue weighted by Crippen LogP contribution is 2.53. The lowest BCUT2D eigenvalue weighted by Crippen LogP contribution is -2.02. The molecule has 2 rings (SSSR count). The number of rotatable bonds is 2. The van der Waals surface area contributed by atoms with E-state index in [2.05, 4.69) is 0 Å². The molecule has 0 aromatic carbocycles. The van der Waals surface area contributed by atoms with Crippen molar-refractivity contribution in [1.82, 2.24) is 0 Å². The van der Waals surface area contributed by atoms with Crippen LogP contribution in [0.2, 0.25) is 0 Å². The van der Waals surface area contributed by atoms with Crippen molar-refractivity contribution in [2.24, 2.45) is 23.5 Å². The van der Waals surface area contributed by atoms with Gasteiger partial charge >= 0.3 is 0 Å². The van der Waals surface area contributed by atoms with Crippen molar-refractivity contribution in [3.63, 3.8) is 0 Å². The molecule has 2 fully saturated rings. The van der Waals surface area contributed by atoms with Crippen LogP contribution >= 0.6 is 0 Å². The van der Waals surface area contributed by atoms with Crippen LogP contribution in [0.25, 0.3) is 0 Å². The van der Waals surface area contributed by atoms with Crippen LogP contribution in [0.15, 0.2) is 0 Å². The fraction of sp³-hybridized carbons (Fsp3) is 1.00. The van der Waals surface area contributed by atoms with Gasteiger partial charge in [-0.3, -0.25) is 0 Å². The lowest BCUT2D eigenvalue weighted by atomic mass is 10.2. The minimum Gasteiger partial charge on any atom is -0.330 e. The SMILES string of the molecule is NC[C@@H]1C[C@@H]1C1CC1. The third-order valence-electron chi connectivity index (χ3n) is 2.51. The van der Waals surface area contributed by atoms with Crippen LogP contribution in [0.3, 0.4) is 0 Å². The second-order valence-corrected chi connectivity index (χ2v) is 3.23. The molecule has 0 spiro atoms. The summed E-state index contributed by atoms with van der Waals surface area (Å²) in [6.45, 7) is 0.946. The van der Waals surface area contributed by atoms with Crippen LogP contribution in [0, 0.1) is 17.8 Å². The molecule has 0 radical (unpaired) electrons. The molecule has 0 aliphatic heterocycles. The van der Waals surface area contributed by atoms with Gasteiger partial charge in [0.2, 0.25) is 0 Å². The fourth-order valence-electron chi connectivity index (χ4n) is 1.64. The first-order valence-electron chi connectivity index (χ1n) is 3.62. The average Bonchev–Trinajstić information content (AvgIpc) is 2.62. The first-order chi connectivity index (χ1) is 3.92. The summed E-state index contributed by atoms with van der Waals surface area (Å²) in [4.78, 5) is 0. The molecule has 0 aromatic rings. The van der Waals surface area contributed by atoms with Gasteiger partial charge in [0.25, 0.3) is 0 Å². The van der Waals surface area contributed by atoms with E-state index in [1.54, 1.807) is 0 Å². The topological polar surface area (TPSA) is 26.0 Å². The molecule has 2 aliphatic rings.